The minimum Gasteiger partial charge on any atom is -0.481 e. The third-order valence-corrected chi connectivity index (χ3v) is 8.23. The van der Waals surface area contributed by atoms with Crippen LogP contribution in [0.1, 0.15) is 79.6 Å². The summed E-state index contributed by atoms with van der Waals surface area (Å²) in [5.74, 6) is -0.930. The van der Waals surface area contributed by atoms with Crippen molar-refractivity contribution in [2.24, 2.45) is 28.6 Å². The smallest absolute Gasteiger partial charge is 0.310 e. The van der Waals surface area contributed by atoms with Crippen LogP contribution in [0.2, 0.25) is 0 Å². The topological polar surface area (TPSA) is 87.0 Å². The van der Waals surface area contributed by atoms with Gasteiger partial charge in [0.2, 0.25) is 0 Å². The number of aliphatic carboxylic acids is 1. The summed E-state index contributed by atoms with van der Waals surface area (Å²) in [5.41, 5.74) is -0.0717. The third-order valence-electron chi connectivity index (χ3n) is 8.23. The molecule has 0 amide bonds. The van der Waals surface area contributed by atoms with Gasteiger partial charge in [0, 0.05) is 0 Å². The number of hydrogen-bond donors (Lipinski definition) is 3. The highest BCUT2D eigenvalue weighted by Gasteiger charge is 2.60. The SMILES string of the molecule is C=C(CC[C@@]1(O)[C@H](C)CC[C@H]2C(C)(C)CCC[C@@]21C)C(/C=C/[C@H](C)C(=O)O)OO. The molecule has 29 heavy (non-hydrogen) atoms. The predicted molar refractivity (Wildman–Crippen MR) is 114 cm³/mol. The molecule has 2 aliphatic carbocycles. The van der Waals surface area contributed by atoms with E-state index >= 15 is 0 Å². The molecule has 0 spiro atoms. The maximum atomic E-state index is 12.0. The Kier molecular flexibility index (Phi) is 7.40. The van der Waals surface area contributed by atoms with Crippen LogP contribution in [0.4, 0.5) is 0 Å². The van der Waals surface area contributed by atoms with E-state index in [-0.39, 0.29) is 16.7 Å². The van der Waals surface area contributed by atoms with Gasteiger partial charge in [0.1, 0.15) is 6.10 Å². The third kappa shape index (κ3) is 4.62. The first-order chi connectivity index (χ1) is 13.4. The van der Waals surface area contributed by atoms with Crippen LogP contribution in [-0.2, 0) is 9.68 Å². The highest BCUT2D eigenvalue weighted by Crippen LogP contribution is 2.63. The summed E-state index contributed by atoms with van der Waals surface area (Å²) in [6, 6.07) is 0. The summed E-state index contributed by atoms with van der Waals surface area (Å²) in [4.78, 5) is 15.5. The molecule has 0 heterocycles. The lowest BCUT2D eigenvalue weighted by Gasteiger charge is -2.63. The van der Waals surface area contributed by atoms with Crippen molar-refractivity contribution in [3.05, 3.63) is 24.3 Å². The van der Waals surface area contributed by atoms with Gasteiger partial charge in [-0.25, -0.2) is 4.89 Å². The summed E-state index contributed by atoms with van der Waals surface area (Å²) in [6.07, 6.45) is 8.88. The van der Waals surface area contributed by atoms with E-state index < -0.39 is 23.6 Å². The van der Waals surface area contributed by atoms with E-state index in [1.807, 2.05) is 0 Å². The van der Waals surface area contributed by atoms with Gasteiger partial charge < -0.3 is 10.2 Å². The Hall–Kier alpha value is -1.17. The second-order valence-electron chi connectivity index (χ2n) is 10.4. The van der Waals surface area contributed by atoms with Crippen LogP contribution in [-0.4, -0.2) is 33.1 Å². The van der Waals surface area contributed by atoms with E-state index in [0.29, 0.717) is 24.3 Å². The summed E-state index contributed by atoms with van der Waals surface area (Å²) < 4.78 is 0. The van der Waals surface area contributed by atoms with Crippen LogP contribution in [0.5, 0.6) is 0 Å². The van der Waals surface area contributed by atoms with Crippen LogP contribution in [0.25, 0.3) is 0 Å². The molecule has 1 unspecified atom stereocenters. The Labute approximate surface area is 175 Å². The number of fused-ring (bicyclic) bond motifs is 1. The number of rotatable bonds is 8. The quantitative estimate of drug-likeness (QED) is 0.282. The molecule has 0 aromatic heterocycles. The molecule has 5 heteroatoms. The molecule has 6 atom stereocenters. The predicted octanol–water partition coefficient (Wildman–Crippen LogP) is 5.45. The van der Waals surface area contributed by atoms with Crippen molar-refractivity contribution in [1.82, 2.24) is 0 Å². The number of aliphatic hydroxyl groups is 1. The van der Waals surface area contributed by atoms with Gasteiger partial charge in [0.05, 0.1) is 11.5 Å². The normalized spacial score (nSPS) is 36.4. The molecule has 2 fully saturated rings. The standard InChI is InChI=1S/C24H40O5/c1-16(19(29-28)10-8-17(2)21(25)26)12-15-24(27)18(3)9-11-20-22(4,5)13-7-14-23(20,24)6/h8,10,17-20,27-28H,1,7,9,11-15H2,2-6H3,(H,25,26)/b10-8+/t17-,18+,19?,20-,23-,24+/m0/s1. The molecule has 0 bridgehead atoms. The van der Waals surface area contributed by atoms with E-state index in [0.717, 1.165) is 25.7 Å². The Morgan fingerprint density at radius 1 is 1.24 bits per heavy atom. The van der Waals surface area contributed by atoms with Crippen LogP contribution >= 0.6 is 0 Å². The maximum absolute atomic E-state index is 12.0. The zero-order valence-electron chi connectivity index (χ0n) is 18.8. The first kappa shape index (κ1) is 24.1. The minimum absolute atomic E-state index is 0.143. The largest absolute Gasteiger partial charge is 0.481 e. The van der Waals surface area contributed by atoms with Crippen LogP contribution in [0.3, 0.4) is 0 Å². The number of carboxylic acid groups (broad SMARTS) is 1. The Balaban J connectivity index is 2.16. The molecular formula is C24H40O5. The minimum atomic E-state index is -0.937. The molecule has 0 aromatic carbocycles. The van der Waals surface area contributed by atoms with Crippen molar-refractivity contribution >= 4 is 5.97 Å². The van der Waals surface area contributed by atoms with Gasteiger partial charge in [-0.3, -0.25) is 10.1 Å². The Morgan fingerprint density at radius 2 is 1.90 bits per heavy atom. The molecule has 3 N–H and O–H groups in total. The highest BCUT2D eigenvalue weighted by molar-refractivity contribution is 5.71. The molecule has 0 aromatic rings. The van der Waals surface area contributed by atoms with Crippen molar-refractivity contribution in [3.63, 3.8) is 0 Å². The van der Waals surface area contributed by atoms with Gasteiger partial charge in [-0.15, -0.1) is 0 Å². The molecule has 0 saturated heterocycles. The van der Waals surface area contributed by atoms with Crippen molar-refractivity contribution in [2.45, 2.75) is 91.3 Å². The fourth-order valence-electron chi connectivity index (χ4n) is 6.19. The zero-order chi connectivity index (χ0) is 22.0. The van der Waals surface area contributed by atoms with Crippen molar-refractivity contribution in [2.75, 3.05) is 0 Å². The Morgan fingerprint density at radius 3 is 2.48 bits per heavy atom. The van der Waals surface area contributed by atoms with Gasteiger partial charge in [0.25, 0.3) is 0 Å². The Bertz CT molecular complexity index is 639. The van der Waals surface area contributed by atoms with Crippen molar-refractivity contribution < 1.29 is 25.2 Å². The molecule has 166 valence electrons. The van der Waals surface area contributed by atoms with E-state index in [1.54, 1.807) is 6.92 Å². The van der Waals surface area contributed by atoms with Gasteiger partial charge in [-0.05, 0) is 73.7 Å². The van der Waals surface area contributed by atoms with Gasteiger partial charge in [-0.1, -0.05) is 52.8 Å². The van der Waals surface area contributed by atoms with Crippen molar-refractivity contribution in [1.29, 1.82) is 0 Å². The van der Waals surface area contributed by atoms with Crippen molar-refractivity contribution in [3.8, 4) is 0 Å². The van der Waals surface area contributed by atoms with Gasteiger partial charge in [0.15, 0.2) is 0 Å². The number of hydrogen-bond acceptors (Lipinski definition) is 4. The molecule has 0 aliphatic heterocycles. The van der Waals surface area contributed by atoms with Gasteiger partial charge >= 0.3 is 5.97 Å². The van der Waals surface area contributed by atoms with Crippen LogP contribution in [0.15, 0.2) is 24.3 Å². The monoisotopic (exact) mass is 408 g/mol. The van der Waals surface area contributed by atoms with E-state index in [9.17, 15) is 15.2 Å². The zero-order valence-corrected chi connectivity index (χ0v) is 18.8. The average molecular weight is 409 g/mol. The molecule has 2 aliphatic rings. The molecule has 5 nitrogen and oxygen atoms in total. The summed E-state index contributed by atoms with van der Waals surface area (Å²) in [6.45, 7) is 14.7. The van der Waals surface area contributed by atoms with E-state index in [1.165, 1.54) is 18.6 Å². The van der Waals surface area contributed by atoms with E-state index in [4.69, 9.17) is 5.11 Å². The lowest BCUT2D eigenvalue weighted by Crippen LogP contribution is -2.62. The lowest BCUT2D eigenvalue weighted by molar-refractivity contribution is -0.257. The molecule has 2 rings (SSSR count). The maximum Gasteiger partial charge on any atom is 0.310 e. The number of carboxylic acids is 1. The second-order valence-corrected chi connectivity index (χ2v) is 10.4. The first-order valence-electron chi connectivity index (χ1n) is 11.0. The van der Waals surface area contributed by atoms with Crippen LogP contribution < -0.4 is 0 Å². The van der Waals surface area contributed by atoms with E-state index in [2.05, 4.69) is 39.2 Å². The summed E-state index contributed by atoms with van der Waals surface area (Å²) >= 11 is 0. The average Bonchev–Trinajstić information content (AvgIpc) is 2.64. The number of carbonyl (C=O) groups is 1. The summed E-state index contributed by atoms with van der Waals surface area (Å²) in [7, 11) is 0. The molecule has 2 saturated carbocycles. The fourth-order valence-corrected chi connectivity index (χ4v) is 6.19. The van der Waals surface area contributed by atoms with Crippen LogP contribution in [0, 0.1) is 28.6 Å². The first-order valence-corrected chi connectivity index (χ1v) is 11.0. The lowest BCUT2D eigenvalue weighted by atomic mass is 9.44. The summed E-state index contributed by atoms with van der Waals surface area (Å²) in [5, 5.41) is 30.3. The highest BCUT2D eigenvalue weighted by atomic mass is 17.1. The molecular weight excluding hydrogens is 368 g/mol. The fraction of sp³-hybridized carbons (Fsp3) is 0.792. The second kappa shape index (κ2) is 8.91. The van der Waals surface area contributed by atoms with Gasteiger partial charge in [-0.2, -0.15) is 0 Å². The molecule has 0 radical (unpaired) electrons.